The summed E-state index contributed by atoms with van der Waals surface area (Å²) in [6, 6.07) is 0. The number of hydrogen-bond donors (Lipinski definition) is 0. The van der Waals surface area contributed by atoms with E-state index in [1.165, 1.54) is 6.20 Å². The first-order chi connectivity index (χ1) is 4.39. The van der Waals surface area contributed by atoms with Crippen molar-refractivity contribution in [3.05, 3.63) is 18.2 Å². The fraction of sp³-hybridized carbons (Fsp3) is 0.500. The van der Waals surface area contributed by atoms with E-state index >= 15 is 0 Å². The summed E-state index contributed by atoms with van der Waals surface area (Å²) in [5, 5.41) is 7.01. The van der Waals surface area contributed by atoms with Crippen LogP contribution in [0.2, 0.25) is 0 Å². The standard InChI is InChI=1S/C4H4N3.C2H6.Rb/c1-4-5-2-3-6-7-4;1-2;/h2H,1H3;1-2H3;/q-1;;+1. The van der Waals surface area contributed by atoms with Gasteiger partial charge in [0.25, 0.3) is 0 Å². The minimum Gasteiger partial charge on any atom is -0.368 e. The van der Waals surface area contributed by atoms with Crippen LogP contribution >= 0.6 is 0 Å². The Morgan fingerprint density at radius 2 is 2.00 bits per heavy atom. The van der Waals surface area contributed by atoms with Crippen LogP contribution in [0.4, 0.5) is 0 Å². The first kappa shape index (κ1) is 13.4. The van der Waals surface area contributed by atoms with E-state index in [0.717, 1.165) is 0 Å². The van der Waals surface area contributed by atoms with Crippen LogP contribution in [-0.2, 0) is 0 Å². The van der Waals surface area contributed by atoms with Crippen LogP contribution in [0.15, 0.2) is 6.20 Å². The number of nitrogens with zero attached hydrogens (tertiary/aromatic N) is 3. The summed E-state index contributed by atoms with van der Waals surface area (Å²) in [6.07, 6.45) is 3.95. The Balaban J connectivity index is 0. The normalized spacial score (nSPS) is 6.70. The van der Waals surface area contributed by atoms with E-state index in [1.54, 1.807) is 6.92 Å². The molecule has 0 radical (unpaired) electrons. The van der Waals surface area contributed by atoms with Crippen LogP contribution in [0.25, 0.3) is 0 Å². The van der Waals surface area contributed by atoms with Gasteiger partial charge in [-0.05, 0) is 6.92 Å². The molecular formula is C6H10N3Rb. The molecule has 0 saturated heterocycles. The number of rotatable bonds is 0. The summed E-state index contributed by atoms with van der Waals surface area (Å²) in [5.74, 6) is 0.679. The Hall–Kier alpha value is 0.815. The molecule has 1 aromatic heterocycles. The molecule has 0 N–H and O–H groups in total. The Morgan fingerprint density at radius 1 is 1.40 bits per heavy atom. The summed E-state index contributed by atoms with van der Waals surface area (Å²) in [4.78, 5) is 3.75. The molecule has 0 fully saturated rings. The van der Waals surface area contributed by atoms with E-state index in [9.17, 15) is 0 Å². The van der Waals surface area contributed by atoms with Gasteiger partial charge in [-0.2, -0.15) is 5.10 Å². The Morgan fingerprint density at radius 3 is 2.20 bits per heavy atom. The fourth-order valence-electron chi connectivity index (χ4n) is 0.275. The number of aryl methyl sites for hydroxylation is 1. The molecule has 0 aliphatic rings. The van der Waals surface area contributed by atoms with Gasteiger partial charge in [-0.15, -0.1) is 6.20 Å². The van der Waals surface area contributed by atoms with Crippen molar-refractivity contribution in [1.82, 2.24) is 15.2 Å². The molecule has 0 atom stereocenters. The third-order valence-electron chi connectivity index (χ3n) is 0.562. The van der Waals surface area contributed by atoms with Crippen molar-refractivity contribution in [3.63, 3.8) is 0 Å². The second-order valence-electron chi connectivity index (χ2n) is 1.13. The summed E-state index contributed by atoms with van der Waals surface area (Å²) < 4.78 is 0. The van der Waals surface area contributed by atoms with E-state index in [0.29, 0.717) is 5.82 Å². The fourth-order valence-corrected chi connectivity index (χ4v) is 0.275. The molecule has 0 aromatic carbocycles. The molecule has 1 rings (SSSR count). The van der Waals surface area contributed by atoms with Gasteiger partial charge in [0.1, 0.15) is 5.82 Å². The van der Waals surface area contributed by atoms with E-state index < -0.39 is 0 Å². The zero-order chi connectivity index (χ0) is 7.11. The van der Waals surface area contributed by atoms with Crippen molar-refractivity contribution in [3.8, 4) is 0 Å². The molecule has 0 bridgehead atoms. The molecule has 10 heavy (non-hydrogen) atoms. The molecule has 0 aliphatic carbocycles. The monoisotopic (exact) mass is 209 g/mol. The van der Waals surface area contributed by atoms with Crippen molar-refractivity contribution >= 4 is 0 Å². The molecule has 1 aromatic rings. The van der Waals surface area contributed by atoms with Gasteiger partial charge >= 0.3 is 58.2 Å². The molecule has 0 unspecified atom stereocenters. The van der Waals surface area contributed by atoms with Gasteiger partial charge in [0, 0.05) is 0 Å². The smallest absolute Gasteiger partial charge is 0.368 e. The molecule has 0 spiro atoms. The van der Waals surface area contributed by atoms with Crippen molar-refractivity contribution in [1.29, 1.82) is 0 Å². The second-order valence-corrected chi connectivity index (χ2v) is 1.13. The van der Waals surface area contributed by atoms with Crippen LogP contribution in [-0.4, -0.2) is 15.2 Å². The Labute approximate surface area is 110 Å². The first-order valence-corrected chi connectivity index (χ1v) is 2.92. The Kier molecular flexibility index (Phi) is 13.2. The van der Waals surface area contributed by atoms with E-state index in [-0.39, 0.29) is 58.2 Å². The van der Waals surface area contributed by atoms with Crippen molar-refractivity contribution in [2.45, 2.75) is 20.8 Å². The minimum absolute atomic E-state index is 0. The molecule has 0 saturated carbocycles. The van der Waals surface area contributed by atoms with Gasteiger partial charge in [-0.3, -0.25) is 4.98 Å². The van der Waals surface area contributed by atoms with Crippen LogP contribution < -0.4 is 58.2 Å². The topological polar surface area (TPSA) is 38.7 Å². The molecular weight excluding hydrogens is 200 g/mol. The van der Waals surface area contributed by atoms with E-state index in [2.05, 4.69) is 21.4 Å². The average molecular weight is 210 g/mol. The molecule has 1 heterocycles. The maximum absolute atomic E-state index is 3.75. The quantitative estimate of drug-likeness (QED) is 0.465. The van der Waals surface area contributed by atoms with Crippen molar-refractivity contribution < 1.29 is 58.2 Å². The van der Waals surface area contributed by atoms with Gasteiger partial charge in [0.15, 0.2) is 0 Å². The molecule has 0 aliphatic heterocycles. The Bertz CT molecular complexity index is 143. The van der Waals surface area contributed by atoms with Gasteiger partial charge < -0.3 is 11.3 Å². The maximum atomic E-state index is 3.75. The predicted molar refractivity (Wildman–Crippen MR) is 34.7 cm³/mol. The molecule has 0 amide bonds. The van der Waals surface area contributed by atoms with Gasteiger partial charge in [0.05, 0.1) is 0 Å². The molecule has 50 valence electrons. The summed E-state index contributed by atoms with van der Waals surface area (Å²) in [5.41, 5.74) is 0. The summed E-state index contributed by atoms with van der Waals surface area (Å²) in [7, 11) is 0. The third kappa shape index (κ3) is 6.93. The average Bonchev–Trinajstić information content (AvgIpc) is 1.94. The first-order valence-electron chi connectivity index (χ1n) is 2.92. The number of aromatic nitrogens is 3. The maximum Gasteiger partial charge on any atom is 1.00 e. The van der Waals surface area contributed by atoms with Gasteiger partial charge in [-0.25, -0.2) is 0 Å². The van der Waals surface area contributed by atoms with Gasteiger partial charge in [-0.1, -0.05) is 13.8 Å². The number of hydrogen-bond acceptors (Lipinski definition) is 3. The van der Waals surface area contributed by atoms with Crippen molar-refractivity contribution in [2.75, 3.05) is 0 Å². The second kappa shape index (κ2) is 9.82. The SMILES string of the molecule is CC.Cc1nc[c-]nn1.[Rb+]. The zero-order valence-electron chi connectivity index (χ0n) is 6.92. The van der Waals surface area contributed by atoms with Crippen LogP contribution in [0.1, 0.15) is 19.7 Å². The summed E-state index contributed by atoms with van der Waals surface area (Å²) in [6.45, 7) is 5.78. The largest absolute Gasteiger partial charge is 1.00 e. The van der Waals surface area contributed by atoms with E-state index in [1.807, 2.05) is 13.8 Å². The van der Waals surface area contributed by atoms with Gasteiger partial charge in [0.2, 0.25) is 0 Å². The minimum atomic E-state index is 0. The molecule has 3 nitrogen and oxygen atoms in total. The van der Waals surface area contributed by atoms with Crippen LogP contribution in [0.3, 0.4) is 0 Å². The van der Waals surface area contributed by atoms with Crippen LogP contribution in [0.5, 0.6) is 0 Å². The third-order valence-corrected chi connectivity index (χ3v) is 0.562. The predicted octanol–water partition coefficient (Wildman–Crippen LogP) is -1.99. The van der Waals surface area contributed by atoms with E-state index in [4.69, 9.17) is 0 Å². The zero-order valence-corrected chi connectivity index (χ0v) is 11.8. The summed E-state index contributed by atoms with van der Waals surface area (Å²) >= 11 is 0. The van der Waals surface area contributed by atoms with Crippen molar-refractivity contribution in [2.24, 2.45) is 0 Å². The van der Waals surface area contributed by atoms with Crippen LogP contribution in [0, 0.1) is 13.1 Å². The molecule has 4 heteroatoms.